The number of benzene rings is 1. The number of carbonyl (C=O) groups is 2. The van der Waals surface area contributed by atoms with E-state index in [-0.39, 0.29) is 11.7 Å². The van der Waals surface area contributed by atoms with Crippen LogP contribution in [-0.2, 0) is 9.59 Å². The van der Waals surface area contributed by atoms with Gasteiger partial charge < -0.3 is 9.80 Å². The predicted octanol–water partition coefficient (Wildman–Crippen LogP) is 2.03. The highest BCUT2D eigenvalue weighted by molar-refractivity contribution is 5.97. The number of carbonyl (C=O) groups excluding carboxylic acids is 2. The monoisotopic (exact) mass is 309 g/mol. The second-order valence-corrected chi connectivity index (χ2v) is 5.61. The molecule has 0 atom stereocenters. The normalized spacial score (nSPS) is 15.3. The smallest absolute Gasteiger partial charge is 0.246 e. The molecule has 1 saturated heterocycles. The summed E-state index contributed by atoms with van der Waals surface area (Å²) in [6.07, 6.45) is 4.50. The van der Waals surface area contributed by atoms with Crippen molar-refractivity contribution in [3.05, 3.63) is 48.7 Å². The van der Waals surface area contributed by atoms with Crippen LogP contribution in [0.2, 0.25) is 0 Å². The molecule has 2 aromatic rings. The summed E-state index contributed by atoms with van der Waals surface area (Å²) in [4.78, 5) is 31.4. The fraction of sp³-hybridized carbons (Fsp3) is 0.278. The zero-order valence-corrected chi connectivity index (χ0v) is 13.1. The van der Waals surface area contributed by atoms with E-state index in [0.29, 0.717) is 13.1 Å². The number of amides is 1. The van der Waals surface area contributed by atoms with Crippen LogP contribution in [0.1, 0.15) is 6.92 Å². The fourth-order valence-corrected chi connectivity index (χ4v) is 2.79. The number of ketones is 1. The van der Waals surface area contributed by atoms with E-state index in [1.54, 1.807) is 4.90 Å². The van der Waals surface area contributed by atoms with Gasteiger partial charge in [-0.15, -0.1) is 0 Å². The van der Waals surface area contributed by atoms with Crippen LogP contribution in [0.5, 0.6) is 0 Å². The Morgan fingerprint density at radius 1 is 1.04 bits per heavy atom. The summed E-state index contributed by atoms with van der Waals surface area (Å²) in [7, 11) is 0. The molecule has 0 N–H and O–H groups in total. The molecule has 0 spiro atoms. The maximum atomic E-state index is 12.0. The van der Waals surface area contributed by atoms with E-state index in [1.807, 2.05) is 24.4 Å². The van der Waals surface area contributed by atoms with Crippen LogP contribution >= 0.6 is 0 Å². The number of pyridine rings is 1. The quantitative estimate of drug-likeness (QED) is 0.814. The summed E-state index contributed by atoms with van der Waals surface area (Å²) < 4.78 is 0. The van der Waals surface area contributed by atoms with Gasteiger partial charge in [-0.05, 0) is 24.5 Å². The molecule has 23 heavy (non-hydrogen) atoms. The summed E-state index contributed by atoms with van der Waals surface area (Å²) in [5.41, 5.74) is 0. The molecule has 1 aromatic heterocycles. The van der Waals surface area contributed by atoms with Crippen LogP contribution in [-0.4, -0.2) is 47.8 Å². The molecule has 3 rings (SSSR count). The van der Waals surface area contributed by atoms with Crippen LogP contribution in [0.3, 0.4) is 0 Å². The summed E-state index contributed by atoms with van der Waals surface area (Å²) >= 11 is 0. The molecule has 1 aromatic carbocycles. The third kappa shape index (κ3) is 3.39. The average molecular weight is 309 g/mol. The number of rotatable bonds is 3. The molecule has 118 valence electrons. The van der Waals surface area contributed by atoms with Gasteiger partial charge in [-0.1, -0.05) is 24.3 Å². The molecule has 5 heteroatoms. The lowest BCUT2D eigenvalue weighted by molar-refractivity contribution is -0.126. The minimum atomic E-state index is -0.114. The lowest BCUT2D eigenvalue weighted by Crippen LogP contribution is -2.48. The van der Waals surface area contributed by atoms with E-state index < -0.39 is 0 Å². The van der Waals surface area contributed by atoms with Crippen LogP contribution < -0.4 is 4.90 Å². The Bertz CT molecular complexity index is 756. The predicted molar refractivity (Wildman–Crippen MR) is 90.4 cm³/mol. The molecular formula is C18H19N3O2. The van der Waals surface area contributed by atoms with Gasteiger partial charge in [-0.2, -0.15) is 0 Å². The zero-order chi connectivity index (χ0) is 16.2. The fourth-order valence-electron chi connectivity index (χ4n) is 2.79. The Labute approximate surface area is 135 Å². The van der Waals surface area contributed by atoms with E-state index in [1.165, 1.54) is 24.5 Å². The number of piperazine rings is 1. The van der Waals surface area contributed by atoms with E-state index in [2.05, 4.69) is 22.0 Å². The van der Waals surface area contributed by atoms with Crippen LogP contribution in [0.4, 0.5) is 5.82 Å². The van der Waals surface area contributed by atoms with E-state index in [0.717, 1.165) is 24.3 Å². The van der Waals surface area contributed by atoms with Crippen molar-refractivity contribution in [1.82, 2.24) is 9.88 Å². The van der Waals surface area contributed by atoms with Crippen LogP contribution in [0, 0.1) is 0 Å². The van der Waals surface area contributed by atoms with Crippen molar-refractivity contribution in [1.29, 1.82) is 0 Å². The van der Waals surface area contributed by atoms with Crippen molar-refractivity contribution in [2.45, 2.75) is 6.92 Å². The first-order chi connectivity index (χ1) is 11.1. The standard InChI is InChI=1S/C18H19N3O2/c1-14(22)6-7-17(23)20-10-12-21(13-11-20)18-16-5-3-2-4-15(16)8-9-19-18/h2-9H,10-13H2,1H3. The van der Waals surface area contributed by atoms with Crippen molar-refractivity contribution in [3.63, 3.8) is 0 Å². The number of fused-ring (bicyclic) bond motifs is 1. The minimum absolute atomic E-state index is 0.106. The number of aromatic nitrogens is 1. The maximum absolute atomic E-state index is 12.0. The Morgan fingerprint density at radius 3 is 2.52 bits per heavy atom. The molecule has 0 bridgehead atoms. The van der Waals surface area contributed by atoms with Crippen molar-refractivity contribution >= 4 is 28.3 Å². The highest BCUT2D eigenvalue weighted by atomic mass is 16.2. The molecule has 0 radical (unpaired) electrons. The molecule has 1 aliphatic heterocycles. The Morgan fingerprint density at radius 2 is 1.78 bits per heavy atom. The van der Waals surface area contributed by atoms with Crippen LogP contribution in [0.15, 0.2) is 48.7 Å². The lowest BCUT2D eigenvalue weighted by atomic mass is 10.1. The number of allylic oxidation sites excluding steroid dienone is 1. The molecule has 0 unspecified atom stereocenters. The largest absolute Gasteiger partial charge is 0.353 e. The van der Waals surface area contributed by atoms with E-state index in [9.17, 15) is 9.59 Å². The third-order valence-electron chi connectivity index (χ3n) is 4.00. The molecule has 1 fully saturated rings. The van der Waals surface area contributed by atoms with Crippen molar-refractivity contribution in [3.8, 4) is 0 Å². The van der Waals surface area contributed by atoms with Gasteiger partial charge >= 0.3 is 0 Å². The highest BCUT2D eigenvalue weighted by Gasteiger charge is 2.21. The van der Waals surface area contributed by atoms with Gasteiger partial charge in [0.05, 0.1) is 0 Å². The second-order valence-electron chi connectivity index (χ2n) is 5.61. The van der Waals surface area contributed by atoms with Crippen LogP contribution in [0.25, 0.3) is 10.8 Å². The molecule has 0 saturated carbocycles. The number of anilines is 1. The van der Waals surface area contributed by atoms with E-state index in [4.69, 9.17) is 0 Å². The SMILES string of the molecule is CC(=O)C=CC(=O)N1CCN(c2nccc3ccccc23)CC1. The van der Waals surface area contributed by atoms with Gasteiger partial charge in [-0.25, -0.2) is 4.98 Å². The maximum Gasteiger partial charge on any atom is 0.246 e. The lowest BCUT2D eigenvalue weighted by Gasteiger charge is -2.35. The van der Waals surface area contributed by atoms with Gasteiger partial charge in [0.2, 0.25) is 5.91 Å². The average Bonchev–Trinajstić information content (AvgIpc) is 2.59. The first kappa shape index (κ1) is 15.2. The van der Waals surface area contributed by atoms with Crippen molar-refractivity contribution < 1.29 is 9.59 Å². The Balaban J connectivity index is 1.71. The van der Waals surface area contributed by atoms with Crippen molar-refractivity contribution in [2.24, 2.45) is 0 Å². The van der Waals surface area contributed by atoms with Gasteiger partial charge in [0.25, 0.3) is 0 Å². The molecule has 2 heterocycles. The number of hydrogen-bond donors (Lipinski definition) is 0. The topological polar surface area (TPSA) is 53.5 Å². The number of nitrogens with zero attached hydrogens (tertiary/aromatic N) is 3. The van der Waals surface area contributed by atoms with Gasteiger partial charge in [-0.3, -0.25) is 9.59 Å². The Kier molecular flexibility index (Phi) is 4.37. The van der Waals surface area contributed by atoms with Gasteiger partial charge in [0.1, 0.15) is 5.82 Å². The molecule has 0 aliphatic carbocycles. The molecule has 1 aliphatic rings. The van der Waals surface area contributed by atoms with Gasteiger partial charge in [0.15, 0.2) is 5.78 Å². The molecule has 5 nitrogen and oxygen atoms in total. The first-order valence-corrected chi connectivity index (χ1v) is 7.71. The molecule has 1 amide bonds. The Hall–Kier alpha value is -2.69. The van der Waals surface area contributed by atoms with Crippen molar-refractivity contribution in [2.75, 3.05) is 31.1 Å². The minimum Gasteiger partial charge on any atom is -0.353 e. The number of hydrogen-bond acceptors (Lipinski definition) is 4. The van der Waals surface area contributed by atoms with Gasteiger partial charge in [0, 0.05) is 43.8 Å². The summed E-state index contributed by atoms with van der Waals surface area (Å²) in [6.45, 7) is 4.17. The molecular weight excluding hydrogens is 290 g/mol. The highest BCUT2D eigenvalue weighted by Crippen LogP contribution is 2.24. The first-order valence-electron chi connectivity index (χ1n) is 7.71. The second kappa shape index (κ2) is 6.60. The summed E-state index contributed by atoms with van der Waals surface area (Å²) in [5.74, 6) is 0.747. The summed E-state index contributed by atoms with van der Waals surface area (Å²) in [5, 5.41) is 2.30. The van der Waals surface area contributed by atoms with E-state index >= 15 is 0 Å². The third-order valence-corrected chi connectivity index (χ3v) is 4.00. The zero-order valence-electron chi connectivity index (χ0n) is 13.1. The summed E-state index contributed by atoms with van der Waals surface area (Å²) in [6, 6.07) is 10.2.